The molecule has 7 nitrogen and oxygen atoms in total. The van der Waals surface area contributed by atoms with E-state index in [1.165, 1.54) is 24.9 Å². The fourth-order valence-corrected chi connectivity index (χ4v) is 3.44. The van der Waals surface area contributed by atoms with E-state index in [0.29, 0.717) is 0 Å². The van der Waals surface area contributed by atoms with Crippen LogP contribution in [0, 0.1) is 0 Å². The number of hydrogen-bond donors (Lipinski definition) is 2. The number of esters is 1. The van der Waals surface area contributed by atoms with E-state index < -0.39 is 5.97 Å². The average molecular weight is 359 g/mol. The van der Waals surface area contributed by atoms with Gasteiger partial charge in [0.25, 0.3) is 5.91 Å². The fourth-order valence-electron chi connectivity index (χ4n) is 3.44. The van der Waals surface area contributed by atoms with E-state index in [1.54, 1.807) is 0 Å². The molecule has 0 aliphatic carbocycles. The van der Waals surface area contributed by atoms with Crippen molar-refractivity contribution in [2.24, 2.45) is 0 Å². The number of methoxy groups -OCH3 is 1. The fraction of sp³-hybridized carbons (Fsp3) is 0.474. The number of nitrogens with one attached hydrogen (secondary N) is 1. The highest BCUT2D eigenvalue weighted by atomic mass is 16.5. The summed E-state index contributed by atoms with van der Waals surface area (Å²) in [6.07, 6.45) is 2.48. The molecule has 0 aromatic heterocycles. The summed E-state index contributed by atoms with van der Waals surface area (Å²) >= 11 is 0. The van der Waals surface area contributed by atoms with Gasteiger partial charge >= 0.3 is 5.97 Å². The van der Waals surface area contributed by atoms with Gasteiger partial charge in [0.15, 0.2) is 0 Å². The van der Waals surface area contributed by atoms with Crippen molar-refractivity contribution in [1.29, 1.82) is 0 Å². The number of β-amino-alcohol motifs (C(OH)–C–C–N with tert-alkyl or cyclic N) is 1. The Hall–Kier alpha value is -2.38. The molecule has 2 heterocycles. The summed E-state index contributed by atoms with van der Waals surface area (Å²) in [6.45, 7) is 3.27. The Kier molecular flexibility index (Phi) is 5.90. The molecule has 1 aromatic carbocycles. The van der Waals surface area contributed by atoms with Crippen LogP contribution >= 0.6 is 0 Å². The van der Waals surface area contributed by atoms with Gasteiger partial charge < -0.3 is 20.1 Å². The summed E-state index contributed by atoms with van der Waals surface area (Å²) in [5, 5.41) is 12.2. The Balaban J connectivity index is 1.78. The summed E-state index contributed by atoms with van der Waals surface area (Å²) in [5.74, 6) is -0.834. The van der Waals surface area contributed by atoms with E-state index >= 15 is 0 Å². The Morgan fingerprint density at radius 3 is 2.77 bits per heavy atom. The lowest BCUT2D eigenvalue weighted by atomic mass is 10.1. The van der Waals surface area contributed by atoms with Crippen molar-refractivity contribution in [3.05, 3.63) is 41.1 Å². The lowest BCUT2D eigenvalue weighted by Gasteiger charge is -2.16. The van der Waals surface area contributed by atoms with Crippen LogP contribution in [0.2, 0.25) is 0 Å². The SMILES string of the molecule is COC(=O)C1=C(Nc2cccc(CN3CCCC3)c2)C(=O)N(CCO)C1. The molecule has 0 spiro atoms. The molecule has 2 aliphatic heterocycles. The van der Waals surface area contributed by atoms with E-state index in [9.17, 15) is 9.59 Å². The van der Waals surface area contributed by atoms with E-state index in [2.05, 4.69) is 16.3 Å². The number of carbonyl (C=O) groups excluding carboxylic acids is 2. The monoisotopic (exact) mass is 359 g/mol. The predicted octanol–water partition coefficient (Wildman–Crippen LogP) is 0.956. The van der Waals surface area contributed by atoms with E-state index in [-0.39, 0.29) is 36.9 Å². The second-order valence-corrected chi connectivity index (χ2v) is 6.60. The number of benzene rings is 1. The zero-order chi connectivity index (χ0) is 18.5. The quantitative estimate of drug-likeness (QED) is 0.706. The second-order valence-electron chi connectivity index (χ2n) is 6.60. The molecule has 3 rings (SSSR count). The van der Waals surface area contributed by atoms with Crippen LogP contribution in [0.4, 0.5) is 5.69 Å². The number of carbonyl (C=O) groups is 2. The van der Waals surface area contributed by atoms with Crippen molar-refractivity contribution in [3.8, 4) is 0 Å². The minimum Gasteiger partial charge on any atom is -0.466 e. The number of anilines is 1. The minimum absolute atomic E-state index is 0.141. The van der Waals surface area contributed by atoms with E-state index in [0.717, 1.165) is 30.9 Å². The lowest BCUT2D eigenvalue weighted by Crippen LogP contribution is -2.31. The number of aliphatic hydroxyl groups excluding tert-OH is 1. The summed E-state index contributed by atoms with van der Waals surface area (Å²) in [4.78, 5) is 28.4. The third kappa shape index (κ3) is 4.05. The molecule has 26 heavy (non-hydrogen) atoms. The number of rotatable bonds is 7. The summed E-state index contributed by atoms with van der Waals surface area (Å²) < 4.78 is 4.80. The average Bonchev–Trinajstić information content (AvgIpc) is 3.25. The van der Waals surface area contributed by atoms with Gasteiger partial charge in [-0.3, -0.25) is 9.69 Å². The topological polar surface area (TPSA) is 82.1 Å². The lowest BCUT2D eigenvalue weighted by molar-refractivity contribution is -0.136. The third-order valence-electron chi connectivity index (χ3n) is 4.75. The third-order valence-corrected chi connectivity index (χ3v) is 4.75. The number of aliphatic hydroxyl groups is 1. The van der Waals surface area contributed by atoms with E-state index in [1.807, 2.05) is 18.2 Å². The van der Waals surface area contributed by atoms with Crippen LogP contribution in [0.3, 0.4) is 0 Å². The van der Waals surface area contributed by atoms with Crippen LogP contribution < -0.4 is 5.32 Å². The number of hydrogen-bond acceptors (Lipinski definition) is 6. The van der Waals surface area contributed by atoms with Crippen LogP contribution in [0.25, 0.3) is 0 Å². The van der Waals surface area contributed by atoms with E-state index in [4.69, 9.17) is 9.84 Å². The van der Waals surface area contributed by atoms with Crippen molar-refractivity contribution in [2.75, 3.05) is 45.2 Å². The van der Waals surface area contributed by atoms with Gasteiger partial charge in [0, 0.05) is 18.8 Å². The van der Waals surface area contributed by atoms with Crippen LogP contribution in [-0.2, 0) is 20.9 Å². The molecule has 0 atom stereocenters. The van der Waals surface area contributed by atoms with Gasteiger partial charge in [-0.25, -0.2) is 4.79 Å². The van der Waals surface area contributed by atoms with Crippen molar-refractivity contribution in [3.63, 3.8) is 0 Å². The molecule has 2 aliphatic rings. The van der Waals surface area contributed by atoms with Gasteiger partial charge in [-0.1, -0.05) is 12.1 Å². The smallest absolute Gasteiger partial charge is 0.337 e. The maximum atomic E-state index is 12.6. The number of amides is 1. The highest BCUT2D eigenvalue weighted by Crippen LogP contribution is 2.24. The van der Waals surface area contributed by atoms with Gasteiger partial charge in [0.2, 0.25) is 0 Å². The Morgan fingerprint density at radius 2 is 2.08 bits per heavy atom. The molecule has 1 fully saturated rings. The first-order valence-electron chi connectivity index (χ1n) is 8.92. The highest BCUT2D eigenvalue weighted by Gasteiger charge is 2.34. The van der Waals surface area contributed by atoms with Crippen molar-refractivity contribution in [2.45, 2.75) is 19.4 Å². The molecule has 0 bridgehead atoms. The number of nitrogens with zero attached hydrogens (tertiary/aromatic N) is 2. The van der Waals surface area contributed by atoms with Crippen LogP contribution in [-0.4, -0.2) is 66.7 Å². The largest absolute Gasteiger partial charge is 0.466 e. The standard InChI is InChI=1S/C19H25N3O4/c1-26-19(25)16-13-22(9-10-23)18(24)17(16)20-15-6-4-5-14(11-15)12-21-7-2-3-8-21/h4-6,11,20,23H,2-3,7-10,12-13H2,1H3. The molecule has 140 valence electrons. The molecule has 7 heteroatoms. The zero-order valence-corrected chi connectivity index (χ0v) is 15.0. The molecule has 2 N–H and O–H groups in total. The van der Waals surface area contributed by atoms with Gasteiger partial charge in [-0.2, -0.15) is 0 Å². The summed E-state index contributed by atoms with van der Waals surface area (Å²) in [7, 11) is 1.29. The molecule has 1 saturated heterocycles. The number of likely N-dealkylation sites (tertiary alicyclic amines) is 1. The first kappa shape index (κ1) is 18.4. The zero-order valence-electron chi connectivity index (χ0n) is 15.0. The van der Waals surface area contributed by atoms with Gasteiger partial charge in [0.05, 0.1) is 25.8 Å². The van der Waals surface area contributed by atoms with Crippen LogP contribution in [0.1, 0.15) is 18.4 Å². The predicted molar refractivity (Wildman–Crippen MR) is 97.3 cm³/mol. The number of ether oxygens (including phenoxy) is 1. The molecule has 0 unspecified atom stereocenters. The molecule has 1 aromatic rings. The Bertz CT molecular complexity index is 710. The first-order chi connectivity index (χ1) is 12.6. The molecule has 1 amide bonds. The van der Waals surface area contributed by atoms with Crippen LogP contribution in [0.5, 0.6) is 0 Å². The highest BCUT2D eigenvalue weighted by molar-refractivity contribution is 6.08. The van der Waals surface area contributed by atoms with Crippen molar-refractivity contribution >= 4 is 17.6 Å². The maximum Gasteiger partial charge on any atom is 0.337 e. The normalized spacial score (nSPS) is 17.9. The van der Waals surface area contributed by atoms with Crippen molar-refractivity contribution in [1.82, 2.24) is 9.80 Å². The van der Waals surface area contributed by atoms with Crippen LogP contribution in [0.15, 0.2) is 35.5 Å². The molecular weight excluding hydrogens is 334 g/mol. The summed E-state index contributed by atoms with van der Waals surface area (Å²) in [5.41, 5.74) is 2.44. The molecule has 0 saturated carbocycles. The molecular formula is C19H25N3O4. The summed E-state index contributed by atoms with van der Waals surface area (Å²) in [6, 6.07) is 7.88. The van der Waals surface area contributed by atoms with Gasteiger partial charge in [-0.05, 0) is 43.6 Å². The van der Waals surface area contributed by atoms with Crippen molar-refractivity contribution < 1.29 is 19.4 Å². The first-order valence-corrected chi connectivity index (χ1v) is 8.92. The Labute approximate surface area is 153 Å². The van der Waals surface area contributed by atoms with Gasteiger partial charge in [-0.15, -0.1) is 0 Å². The second kappa shape index (κ2) is 8.33. The van der Waals surface area contributed by atoms with Gasteiger partial charge in [0.1, 0.15) is 5.70 Å². The minimum atomic E-state index is -0.533. The molecule has 0 radical (unpaired) electrons. The Morgan fingerprint density at radius 1 is 1.31 bits per heavy atom. The maximum absolute atomic E-state index is 12.6.